The molecular formula is C12H19N5O3S. The third-order valence-corrected chi connectivity index (χ3v) is 4.11. The summed E-state index contributed by atoms with van der Waals surface area (Å²) in [5.74, 6) is -0.754. The molecule has 1 aromatic rings. The highest BCUT2D eigenvalue weighted by Gasteiger charge is 2.33. The summed E-state index contributed by atoms with van der Waals surface area (Å²) in [6.07, 6.45) is 0.940. The van der Waals surface area contributed by atoms with Crippen molar-refractivity contribution in [3.05, 3.63) is 4.88 Å². The van der Waals surface area contributed by atoms with Gasteiger partial charge in [-0.05, 0) is 6.42 Å². The van der Waals surface area contributed by atoms with Crippen molar-refractivity contribution in [2.45, 2.75) is 19.4 Å². The molecule has 1 unspecified atom stereocenters. The molecule has 1 atom stereocenters. The molecule has 1 aromatic heterocycles. The van der Waals surface area contributed by atoms with Gasteiger partial charge in [0.2, 0.25) is 5.91 Å². The molecule has 116 valence electrons. The van der Waals surface area contributed by atoms with Gasteiger partial charge in [0, 0.05) is 13.1 Å². The van der Waals surface area contributed by atoms with E-state index in [2.05, 4.69) is 10.3 Å². The van der Waals surface area contributed by atoms with Crippen LogP contribution in [0.2, 0.25) is 0 Å². The number of hydrogen-bond donors (Lipinski definition) is 3. The van der Waals surface area contributed by atoms with Crippen LogP contribution in [0.1, 0.15) is 23.0 Å². The fraction of sp³-hybridized carbons (Fsp3) is 0.583. The first-order chi connectivity index (χ1) is 10.0. The van der Waals surface area contributed by atoms with Crippen LogP contribution in [0.15, 0.2) is 0 Å². The van der Waals surface area contributed by atoms with E-state index in [1.807, 2.05) is 6.92 Å². The van der Waals surface area contributed by atoms with Gasteiger partial charge in [0.25, 0.3) is 5.91 Å². The van der Waals surface area contributed by atoms with Crippen molar-refractivity contribution in [3.8, 4) is 0 Å². The average molecular weight is 313 g/mol. The third kappa shape index (κ3) is 3.42. The van der Waals surface area contributed by atoms with Crippen LogP contribution in [0, 0.1) is 0 Å². The summed E-state index contributed by atoms with van der Waals surface area (Å²) in [5, 5.41) is 3.69. The number of morpholine rings is 1. The van der Waals surface area contributed by atoms with Gasteiger partial charge in [-0.2, -0.15) is 0 Å². The fourth-order valence-corrected chi connectivity index (χ4v) is 2.87. The number of nitrogens with one attached hydrogen (secondary N) is 1. The second-order valence-electron chi connectivity index (χ2n) is 4.65. The molecule has 5 N–H and O–H groups in total. The lowest BCUT2D eigenvalue weighted by Crippen LogP contribution is -2.54. The number of carbonyl (C=O) groups is 2. The van der Waals surface area contributed by atoms with Gasteiger partial charge < -0.3 is 26.4 Å². The second-order valence-corrected chi connectivity index (χ2v) is 5.65. The summed E-state index contributed by atoms with van der Waals surface area (Å²) in [5.41, 5.74) is 11.1. The normalized spacial score (nSPS) is 18.5. The zero-order chi connectivity index (χ0) is 15.4. The quantitative estimate of drug-likeness (QED) is 0.696. The van der Waals surface area contributed by atoms with Crippen molar-refractivity contribution in [2.24, 2.45) is 5.73 Å². The molecule has 21 heavy (non-hydrogen) atoms. The van der Waals surface area contributed by atoms with Crippen LogP contribution < -0.4 is 16.8 Å². The number of amides is 2. The predicted octanol–water partition coefficient (Wildman–Crippen LogP) is -0.126. The Balaban J connectivity index is 2.18. The highest BCUT2D eigenvalue weighted by atomic mass is 32.1. The molecule has 9 heteroatoms. The average Bonchev–Trinajstić information content (AvgIpc) is 2.85. The number of anilines is 2. The van der Waals surface area contributed by atoms with E-state index in [0.29, 0.717) is 23.2 Å². The van der Waals surface area contributed by atoms with Gasteiger partial charge in [0.05, 0.1) is 13.2 Å². The van der Waals surface area contributed by atoms with E-state index in [-0.39, 0.29) is 18.3 Å². The van der Waals surface area contributed by atoms with E-state index in [0.717, 1.165) is 13.0 Å². The van der Waals surface area contributed by atoms with E-state index in [9.17, 15) is 9.59 Å². The molecule has 2 rings (SSSR count). The first-order valence-corrected chi connectivity index (χ1v) is 7.54. The lowest BCUT2D eigenvalue weighted by Gasteiger charge is -2.33. The Morgan fingerprint density at radius 3 is 3.00 bits per heavy atom. The Labute approximate surface area is 126 Å². The van der Waals surface area contributed by atoms with Crippen LogP contribution in [-0.4, -0.2) is 54.0 Å². The molecule has 0 saturated carbocycles. The van der Waals surface area contributed by atoms with Crippen LogP contribution in [0.5, 0.6) is 0 Å². The monoisotopic (exact) mass is 313 g/mol. The molecule has 0 bridgehead atoms. The van der Waals surface area contributed by atoms with E-state index >= 15 is 0 Å². The number of rotatable bonds is 5. The molecule has 1 aliphatic heterocycles. The fourth-order valence-electron chi connectivity index (χ4n) is 2.01. The highest BCUT2D eigenvalue weighted by molar-refractivity contribution is 7.18. The minimum absolute atomic E-state index is 0.112. The molecule has 0 radical (unpaired) electrons. The van der Waals surface area contributed by atoms with Crippen LogP contribution in [0.25, 0.3) is 0 Å². The molecule has 2 amide bonds. The van der Waals surface area contributed by atoms with Crippen LogP contribution >= 0.6 is 11.3 Å². The van der Waals surface area contributed by atoms with Crippen LogP contribution in [-0.2, 0) is 9.53 Å². The Bertz CT molecular complexity index is 533. The maximum absolute atomic E-state index is 12.5. The maximum Gasteiger partial charge on any atom is 0.268 e. The molecule has 1 fully saturated rings. The summed E-state index contributed by atoms with van der Waals surface area (Å²) in [6.45, 7) is 3.57. The van der Waals surface area contributed by atoms with Gasteiger partial charge in [-0.15, -0.1) is 0 Å². The largest absolute Gasteiger partial charge is 0.382 e. The first kappa shape index (κ1) is 15.5. The summed E-state index contributed by atoms with van der Waals surface area (Å²) >= 11 is 1.18. The maximum atomic E-state index is 12.5. The molecule has 1 aliphatic rings. The van der Waals surface area contributed by atoms with Crippen molar-refractivity contribution in [1.82, 2.24) is 9.88 Å². The summed E-state index contributed by atoms with van der Waals surface area (Å²) < 4.78 is 5.20. The number of nitrogens with two attached hydrogens (primary N) is 2. The highest BCUT2D eigenvalue weighted by Crippen LogP contribution is 2.27. The van der Waals surface area contributed by atoms with E-state index < -0.39 is 11.9 Å². The van der Waals surface area contributed by atoms with Crippen molar-refractivity contribution in [3.63, 3.8) is 0 Å². The molecule has 0 aromatic carbocycles. The predicted molar refractivity (Wildman–Crippen MR) is 80.1 cm³/mol. The molecule has 8 nitrogen and oxygen atoms in total. The lowest BCUT2D eigenvalue weighted by molar-refractivity contribution is -0.127. The Hall–Kier alpha value is -1.87. The van der Waals surface area contributed by atoms with Crippen LogP contribution in [0.4, 0.5) is 10.9 Å². The number of nitrogen functional groups attached to an aromatic ring is 1. The minimum Gasteiger partial charge on any atom is -0.382 e. The van der Waals surface area contributed by atoms with Crippen molar-refractivity contribution >= 4 is 34.1 Å². The SMILES string of the molecule is CCCNc1nc(N)c(C(=O)N2CCOCC2C(N)=O)s1. The summed E-state index contributed by atoms with van der Waals surface area (Å²) in [4.78, 5) is 29.8. The molecule has 2 heterocycles. The lowest BCUT2D eigenvalue weighted by atomic mass is 10.2. The van der Waals surface area contributed by atoms with Gasteiger partial charge in [-0.25, -0.2) is 4.98 Å². The molecule has 0 aliphatic carbocycles. The molecular weight excluding hydrogens is 294 g/mol. The standard InChI is InChI=1S/C12H19N5O3S/c1-2-3-15-12-16-9(13)8(21-12)11(19)17-4-5-20-6-7(17)10(14)18/h7H,2-6,13H2,1H3,(H2,14,18)(H,15,16). The zero-order valence-corrected chi connectivity index (χ0v) is 12.6. The number of carbonyl (C=O) groups excluding carboxylic acids is 2. The number of ether oxygens (including phenoxy) is 1. The van der Waals surface area contributed by atoms with E-state index in [1.54, 1.807) is 0 Å². The van der Waals surface area contributed by atoms with Gasteiger partial charge in [-0.1, -0.05) is 18.3 Å². The van der Waals surface area contributed by atoms with Crippen molar-refractivity contribution in [2.75, 3.05) is 37.4 Å². The number of aromatic nitrogens is 1. The number of primary amides is 1. The number of thiazole rings is 1. The van der Waals surface area contributed by atoms with Gasteiger partial charge in [-0.3, -0.25) is 9.59 Å². The number of nitrogens with zero attached hydrogens (tertiary/aromatic N) is 2. The Morgan fingerprint density at radius 2 is 2.33 bits per heavy atom. The minimum atomic E-state index is -0.764. The molecule has 0 spiro atoms. The smallest absolute Gasteiger partial charge is 0.268 e. The zero-order valence-electron chi connectivity index (χ0n) is 11.8. The Kier molecular flexibility index (Phi) is 4.97. The molecule has 1 saturated heterocycles. The van der Waals surface area contributed by atoms with Crippen molar-refractivity contribution < 1.29 is 14.3 Å². The first-order valence-electron chi connectivity index (χ1n) is 6.72. The van der Waals surface area contributed by atoms with Gasteiger partial charge in [0.15, 0.2) is 5.13 Å². The van der Waals surface area contributed by atoms with Crippen molar-refractivity contribution in [1.29, 1.82) is 0 Å². The van der Waals surface area contributed by atoms with E-state index in [4.69, 9.17) is 16.2 Å². The second kappa shape index (κ2) is 6.72. The summed E-state index contributed by atoms with van der Waals surface area (Å²) in [7, 11) is 0. The van der Waals surface area contributed by atoms with Crippen LogP contribution in [0.3, 0.4) is 0 Å². The third-order valence-electron chi connectivity index (χ3n) is 3.09. The summed E-state index contributed by atoms with van der Waals surface area (Å²) in [6, 6.07) is -0.764. The van der Waals surface area contributed by atoms with Gasteiger partial charge >= 0.3 is 0 Å². The topological polar surface area (TPSA) is 124 Å². The van der Waals surface area contributed by atoms with E-state index in [1.165, 1.54) is 16.2 Å². The van der Waals surface area contributed by atoms with Gasteiger partial charge in [0.1, 0.15) is 16.7 Å². The number of hydrogen-bond acceptors (Lipinski definition) is 7. The Morgan fingerprint density at radius 1 is 1.57 bits per heavy atom.